The maximum Gasteiger partial charge on any atom is 0.234 e. The van der Waals surface area contributed by atoms with Gasteiger partial charge < -0.3 is 10.6 Å². The maximum atomic E-state index is 11.6. The Balaban J connectivity index is 0.00000162. The lowest BCUT2D eigenvalue weighted by Crippen LogP contribution is -2.43. The number of likely N-dealkylation sites (N-methyl/N-ethyl adjacent to an activating group) is 1. The molecule has 0 aromatic rings. The molecule has 114 valence electrons. The van der Waals surface area contributed by atoms with E-state index in [1.807, 2.05) is 0 Å². The van der Waals surface area contributed by atoms with Gasteiger partial charge in [-0.05, 0) is 51.2 Å². The quantitative estimate of drug-likeness (QED) is 0.747. The van der Waals surface area contributed by atoms with Crippen molar-refractivity contribution in [3.05, 3.63) is 0 Å². The first-order chi connectivity index (χ1) is 8.29. The lowest BCUT2D eigenvalue weighted by atomic mass is 10.2. The molecule has 2 aliphatic rings. The fourth-order valence-electron chi connectivity index (χ4n) is 2.55. The lowest BCUT2D eigenvalue weighted by Gasteiger charge is -2.22. The molecule has 0 radical (unpaired) electrons. The van der Waals surface area contributed by atoms with E-state index >= 15 is 0 Å². The lowest BCUT2D eigenvalue weighted by molar-refractivity contribution is -0.120. The van der Waals surface area contributed by atoms with Gasteiger partial charge in [-0.3, -0.25) is 9.69 Å². The molecule has 0 spiro atoms. The van der Waals surface area contributed by atoms with E-state index in [1.165, 1.54) is 32.2 Å². The van der Waals surface area contributed by atoms with E-state index in [1.54, 1.807) is 0 Å². The summed E-state index contributed by atoms with van der Waals surface area (Å²) in [6.45, 7) is 6.79. The number of nitrogens with zero attached hydrogens (tertiary/aromatic N) is 1. The Morgan fingerprint density at radius 2 is 1.95 bits per heavy atom. The minimum atomic E-state index is 0. The highest BCUT2D eigenvalue weighted by Gasteiger charge is 2.23. The Hall–Kier alpha value is -0.0300. The molecule has 2 N–H and O–H groups in total. The molecule has 1 aliphatic heterocycles. The van der Waals surface area contributed by atoms with E-state index < -0.39 is 0 Å². The topological polar surface area (TPSA) is 44.4 Å². The summed E-state index contributed by atoms with van der Waals surface area (Å²) in [5.41, 5.74) is 0. The van der Waals surface area contributed by atoms with E-state index in [9.17, 15) is 4.79 Å². The molecule has 2 fully saturated rings. The van der Waals surface area contributed by atoms with Crippen LogP contribution in [0, 0.1) is 5.92 Å². The monoisotopic (exact) mass is 311 g/mol. The van der Waals surface area contributed by atoms with Gasteiger partial charge in [0.1, 0.15) is 0 Å². The number of halogens is 2. The van der Waals surface area contributed by atoms with Gasteiger partial charge in [0.25, 0.3) is 0 Å². The van der Waals surface area contributed by atoms with Crippen molar-refractivity contribution in [3.63, 3.8) is 0 Å². The minimum absolute atomic E-state index is 0. The molecule has 19 heavy (non-hydrogen) atoms. The Kier molecular flexibility index (Phi) is 9.79. The summed E-state index contributed by atoms with van der Waals surface area (Å²) in [5.74, 6) is 0.988. The van der Waals surface area contributed by atoms with Gasteiger partial charge in [-0.15, -0.1) is 24.8 Å². The van der Waals surface area contributed by atoms with Crippen LogP contribution in [0.3, 0.4) is 0 Å². The molecule has 1 unspecified atom stereocenters. The Morgan fingerprint density at radius 3 is 2.58 bits per heavy atom. The van der Waals surface area contributed by atoms with E-state index in [0.29, 0.717) is 12.6 Å². The fourth-order valence-corrected chi connectivity index (χ4v) is 2.55. The number of nitrogens with one attached hydrogen (secondary N) is 2. The number of hydrogen-bond acceptors (Lipinski definition) is 3. The molecule has 1 atom stereocenters. The predicted molar refractivity (Wildman–Crippen MR) is 83.4 cm³/mol. The summed E-state index contributed by atoms with van der Waals surface area (Å²) in [6, 6.07) is 0.562. The molecule has 1 saturated carbocycles. The SMILES string of the molecule is CCN1CCCC1CNC(=O)CNCC1CC1.Cl.Cl. The predicted octanol–water partition coefficient (Wildman–Crippen LogP) is 1.43. The molecular formula is C13H27Cl2N3O. The Labute approximate surface area is 128 Å². The van der Waals surface area contributed by atoms with Crippen LogP contribution in [0.2, 0.25) is 0 Å². The molecule has 0 bridgehead atoms. The summed E-state index contributed by atoms with van der Waals surface area (Å²) in [5, 5.41) is 6.26. The van der Waals surface area contributed by atoms with Gasteiger partial charge in [-0.25, -0.2) is 0 Å². The maximum absolute atomic E-state index is 11.6. The third kappa shape index (κ3) is 6.80. The molecule has 1 heterocycles. The zero-order chi connectivity index (χ0) is 12.1. The number of likely N-dealkylation sites (tertiary alicyclic amines) is 1. The molecule has 1 aliphatic carbocycles. The molecule has 4 nitrogen and oxygen atoms in total. The molecule has 1 saturated heterocycles. The van der Waals surface area contributed by atoms with Gasteiger partial charge in [0.2, 0.25) is 5.91 Å². The second-order valence-electron chi connectivity index (χ2n) is 5.30. The van der Waals surface area contributed by atoms with Crippen LogP contribution in [0.4, 0.5) is 0 Å². The zero-order valence-electron chi connectivity index (χ0n) is 11.7. The summed E-state index contributed by atoms with van der Waals surface area (Å²) in [7, 11) is 0. The number of carbonyl (C=O) groups is 1. The number of hydrogen-bond donors (Lipinski definition) is 2. The van der Waals surface area contributed by atoms with E-state index in [-0.39, 0.29) is 30.7 Å². The van der Waals surface area contributed by atoms with Crippen LogP contribution in [0.5, 0.6) is 0 Å². The van der Waals surface area contributed by atoms with Gasteiger partial charge in [-0.2, -0.15) is 0 Å². The largest absolute Gasteiger partial charge is 0.353 e. The van der Waals surface area contributed by atoms with Crippen LogP contribution in [0.25, 0.3) is 0 Å². The van der Waals surface area contributed by atoms with Crippen LogP contribution in [0.1, 0.15) is 32.6 Å². The van der Waals surface area contributed by atoms with Gasteiger partial charge in [0.15, 0.2) is 0 Å². The van der Waals surface area contributed by atoms with Crippen LogP contribution >= 0.6 is 24.8 Å². The molecular weight excluding hydrogens is 285 g/mol. The standard InChI is InChI=1S/C13H25N3O.2ClH/c1-2-16-7-3-4-12(16)9-15-13(17)10-14-8-11-5-6-11;;/h11-12,14H,2-10H2,1H3,(H,15,17);2*1H. The normalized spacial score (nSPS) is 22.5. The molecule has 6 heteroatoms. The van der Waals surface area contributed by atoms with Crippen molar-refractivity contribution in [1.29, 1.82) is 0 Å². The third-order valence-electron chi connectivity index (χ3n) is 3.86. The number of carbonyl (C=O) groups excluding carboxylic acids is 1. The van der Waals surface area contributed by atoms with Gasteiger partial charge in [0, 0.05) is 12.6 Å². The molecule has 0 aromatic heterocycles. The van der Waals surface area contributed by atoms with Crippen LogP contribution < -0.4 is 10.6 Å². The van der Waals surface area contributed by atoms with Crippen molar-refractivity contribution in [2.45, 2.75) is 38.6 Å². The van der Waals surface area contributed by atoms with Crippen LogP contribution in [-0.2, 0) is 4.79 Å². The van der Waals surface area contributed by atoms with Crippen molar-refractivity contribution in [3.8, 4) is 0 Å². The van der Waals surface area contributed by atoms with Crippen LogP contribution in [-0.4, -0.2) is 49.6 Å². The van der Waals surface area contributed by atoms with E-state index in [2.05, 4.69) is 22.5 Å². The number of rotatable bonds is 7. The van der Waals surface area contributed by atoms with Gasteiger partial charge in [-0.1, -0.05) is 6.92 Å². The summed E-state index contributed by atoms with van der Waals surface area (Å²) in [6.07, 6.45) is 5.17. The van der Waals surface area contributed by atoms with Crippen molar-refractivity contribution < 1.29 is 4.79 Å². The highest BCUT2D eigenvalue weighted by atomic mass is 35.5. The minimum Gasteiger partial charge on any atom is -0.353 e. The van der Waals surface area contributed by atoms with Crippen molar-refractivity contribution in [1.82, 2.24) is 15.5 Å². The Bertz CT molecular complexity index is 262. The summed E-state index contributed by atoms with van der Waals surface area (Å²) < 4.78 is 0. The average molecular weight is 312 g/mol. The third-order valence-corrected chi connectivity index (χ3v) is 3.86. The first-order valence-corrected chi connectivity index (χ1v) is 7.01. The number of amides is 1. The fraction of sp³-hybridized carbons (Fsp3) is 0.923. The van der Waals surface area contributed by atoms with Gasteiger partial charge in [0.05, 0.1) is 6.54 Å². The molecule has 0 aromatic carbocycles. The first kappa shape index (κ1) is 19.0. The van der Waals surface area contributed by atoms with Crippen molar-refractivity contribution in [2.75, 3.05) is 32.7 Å². The molecule has 2 rings (SSSR count). The highest BCUT2D eigenvalue weighted by molar-refractivity contribution is 5.85. The second-order valence-corrected chi connectivity index (χ2v) is 5.30. The van der Waals surface area contributed by atoms with Crippen molar-refractivity contribution in [2.24, 2.45) is 5.92 Å². The van der Waals surface area contributed by atoms with Gasteiger partial charge >= 0.3 is 0 Å². The summed E-state index contributed by atoms with van der Waals surface area (Å²) in [4.78, 5) is 14.1. The average Bonchev–Trinajstić information content (AvgIpc) is 3.03. The highest BCUT2D eigenvalue weighted by Crippen LogP contribution is 2.27. The van der Waals surface area contributed by atoms with E-state index in [4.69, 9.17) is 0 Å². The Morgan fingerprint density at radius 1 is 1.21 bits per heavy atom. The second kappa shape index (κ2) is 9.81. The summed E-state index contributed by atoms with van der Waals surface area (Å²) >= 11 is 0. The first-order valence-electron chi connectivity index (χ1n) is 7.01. The van der Waals surface area contributed by atoms with Crippen LogP contribution in [0.15, 0.2) is 0 Å². The van der Waals surface area contributed by atoms with Crippen molar-refractivity contribution >= 4 is 30.7 Å². The molecule has 1 amide bonds. The van der Waals surface area contributed by atoms with E-state index in [0.717, 1.165) is 25.6 Å². The smallest absolute Gasteiger partial charge is 0.234 e. The zero-order valence-corrected chi connectivity index (χ0v) is 13.3.